The van der Waals surface area contributed by atoms with Crippen molar-refractivity contribution in [2.45, 2.75) is 42.6 Å². The SMILES string of the molecule is CN(C)CCNC(=O)c1ccc(S(=O)(=O)Cc2c(OC(Cn3ccnc3)c3ccccc3)ccc3c2CCCC3=O)cc1. The van der Waals surface area contributed by atoms with E-state index in [0.717, 1.165) is 11.1 Å². The van der Waals surface area contributed by atoms with Crippen LogP contribution in [0.5, 0.6) is 5.75 Å². The van der Waals surface area contributed by atoms with E-state index in [4.69, 9.17) is 4.74 Å². The minimum atomic E-state index is -3.85. The number of carbonyl (C=O) groups excluding carboxylic acids is 2. The van der Waals surface area contributed by atoms with Gasteiger partial charge in [-0.1, -0.05) is 30.3 Å². The fraction of sp³-hybridized carbons (Fsp3) is 0.303. The summed E-state index contributed by atoms with van der Waals surface area (Å²) in [5, 5.41) is 2.84. The van der Waals surface area contributed by atoms with Crippen LogP contribution < -0.4 is 10.1 Å². The summed E-state index contributed by atoms with van der Waals surface area (Å²) in [6.07, 6.45) is 6.50. The summed E-state index contributed by atoms with van der Waals surface area (Å²) in [7, 11) is -0.0122. The zero-order chi connectivity index (χ0) is 30.4. The number of hydrogen-bond acceptors (Lipinski definition) is 7. The van der Waals surface area contributed by atoms with Crippen LogP contribution in [0, 0.1) is 0 Å². The monoisotopic (exact) mass is 600 g/mol. The average molecular weight is 601 g/mol. The summed E-state index contributed by atoms with van der Waals surface area (Å²) in [5.41, 5.74) is 3.10. The number of nitrogens with zero attached hydrogens (tertiary/aromatic N) is 3. The molecule has 9 nitrogen and oxygen atoms in total. The van der Waals surface area contributed by atoms with Gasteiger partial charge >= 0.3 is 0 Å². The summed E-state index contributed by atoms with van der Waals surface area (Å²) >= 11 is 0. The van der Waals surface area contributed by atoms with Gasteiger partial charge in [-0.2, -0.15) is 0 Å². The zero-order valence-electron chi connectivity index (χ0n) is 24.4. The van der Waals surface area contributed by atoms with Gasteiger partial charge in [0.05, 0.1) is 23.5 Å². The van der Waals surface area contributed by atoms with E-state index in [1.807, 2.05) is 60.1 Å². The van der Waals surface area contributed by atoms with Crippen LogP contribution in [0.2, 0.25) is 0 Å². The van der Waals surface area contributed by atoms with E-state index in [-0.39, 0.29) is 22.3 Å². The molecule has 1 atom stereocenters. The number of ketones is 1. The first-order valence-corrected chi connectivity index (χ1v) is 16.0. The molecule has 43 heavy (non-hydrogen) atoms. The molecule has 0 bridgehead atoms. The highest BCUT2D eigenvalue weighted by molar-refractivity contribution is 7.90. The topological polar surface area (TPSA) is 111 Å². The summed E-state index contributed by atoms with van der Waals surface area (Å²) in [4.78, 5) is 31.5. The number of likely N-dealkylation sites (N-methyl/N-ethyl adjacent to an activating group) is 1. The molecule has 1 heterocycles. The van der Waals surface area contributed by atoms with Gasteiger partial charge in [0, 0.05) is 48.6 Å². The van der Waals surface area contributed by atoms with Crippen LogP contribution in [0.1, 0.15) is 56.4 Å². The van der Waals surface area contributed by atoms with E-state index in [9.17, 15) is 18.0 Å². The van der Waals surface area contributed by atoms with E-state index in [2.05, 4.69) is 10.3 Å². The number of amides is 1. The lowest BCUT2D eigenvalue weighted by Gasteiger charge is -2.25. The van der Waals surface area contributed by atoms with Crippen LogP contribution in [-0.4, -0.2) is 61.7 Å². The van der Waals surface area contributed by atoms with Gasteiger partial charge in [-0.3, -0.25) is 9.59 Å². The largest absolute Gasteiger partial charge is 0.484 e. The molecule has 0 fully saturated rings. The summed E-state index contributed by atoms with van der Waals surface area (Å²) in [6.45, 7) is 1.64. The number of hydrogen-bond donors (Lipinski definition) is 1. The second-order valence-electron chi connectivity index (χ2n) is 11.0. The van der Waals surface area contributed by atoms with Crippen LogP contribution in [0.25, 0.3) is 0 Å². The quantitative estimate of drug-likeness (QED) is 0.255. The number of fused-ring (bicyclic) bond motifs is 1. The molecule has 10 heteroatoms. The lowest BCUT2D eigenvalue weighted by atomic mass is 9.87. The van der Waals surface area contributed by atoms with E-state index < -0.39 is 15.9 Å². The lowest BCUT2D eigenvalue weighted by Crippen LogP contribution is -2.31. The molecule has 0 saturated carbocycles. The maximum Gasteiger partial charge on any atom is 0.251 e. The molecule has 0 radical (unpaired) electrons. The van der Waals surface area contributed by atoms with E-state index in [0.29, 0.717) is 61.3 Å². The zero-order valence-corrected chi connectivity index (χ0v) is 25.2. The van der Waals surface area contributed by atoms with Gasteiger partial charge in [0.15, 0.2) is 15.6 Å². The van der Waals surface area contributed by atoms with Crippen LogP contribution in [0.3, 0.4) is 0 Å². The number of carbonyl (C=O) groups is 2. The standard InChI is InChI=1S/C33H36N4O5S/c1-36(2)19-18-35-33(39)25-11-13-26(14-12-25)43(40,41)22-29-27-9-6-10-30(38)28(27)15-16-31(29)42-32(21-37-20-17-34-23-37)24-7-4-3-5-8-24/h3-5,7-8,11-17,20,23,32H,6,9-10,18-19,21-22H2,1-2H3,(H,35,39). The van der Waals surface area contributed by atoms with Gasteiger partial charge in [-0.05, 0) is 74.5 Å². The summed E-state index contributed by atoms with van der Waals surface area (Å²) in [6, 6.07) is 19.2. The molecular formula is C33H36N4O5S. The highest BCUT2D eigenvalue weighted by Gasteiger charge is 2.28. The highest BCUT2D eigenvalue weighted by Crippen LogP contribution is 2.36. The van der Waals surface area contributed by atoms with Gasteiger partial charge < -0.3 is 19.5 Å². The molecule has 1 aliphatic rings. The highest BCUT2D eigenvalue weighted by atomic mass is 32.2. The molecule has 1 amide bonds. The van der Waals surface area contributed by atoms with Crippen molar-refractivity contribution in [1.29, 1.82) is 0 Å². The van der Waals surface area contributed by atoms with Crippen molar-refractivity contribution < 1.29 is 22.7 Å². The Kier molecular flexibility index (Phi) is 9.37. The summed E-state index contributed by atoms with van der Waals surface area (Å²) in [5.74, 6) is -0.154. The number of sulfone groups is 1. The molecule has 3 aromatic carbocycles. The molecule has 1 N–H and O–H groups in total. The van der Waals surface area contributed by atoms with Crippen molar-refractivity contribution >= 4 is 21.5 Å². The number of rotatable bonds is 12. The Morgan fingerprint density at radius 2 is 1.81 bits per heavy atom. The lowest BCUT2D eigenvalue weighted by molar-refractivity contribution is 0.0948. The molecule has 5 rings (SSSR count). The summed E-state index contributed by atoms with van der Waals surface area (Å²) < 4.78 is 36.1. The Hall–Kier alpha value is -4.28. The number of ether oxygens (including phenoxy) is 1. The molecule has 1 unspecified atom stereocenters. The Morgan fingerprint density at radius 1 is 1.05 bits per heavy atom. The fourth-order valence-corrected chi connectivity index (χ4v) is 6.66. The molecular weight excluding hydrogens is 564 g/mol. The van der Waals surface area contributed by atoms with Gasteiger partial charge in [-0.15, -0.1) is 0 Å². The van der Waals surface area contributed by atoms with Crippen molar-refractivity contribution in [2.75, 3.05) is 27.2 Å². The van der Waals surface area contributed by atoms with Gasteiger partial charge in [0.1, 0.15) is 11.9 Å². The third-order valence-electron chi connectivity index (χ3n) is 7.55. The first-order valence-electron chi connectivity index (χ1n) is 14.3. The Bertz CT molecular complexity index is 1670. The van der Waals surface area contributed by atoms with Gasteiger partial charge in [-0.25, -0.2) is 13.4 Å². The molecule has 224 valence electrons. The number of Topliss-reactive ketones (excluding diaryl/α,β-unsaturated/α-hetero) is 1. The van der Waals surface area contributed by atoms with Gasteiger partial charge in [0.25, 0.3) is 5.91 Å². The molecule has 0 aliphatic heterocycles. The molecule has 1 aromatic heterocycles. The first-order chi connectivity index (χ1) is 20.7. The Labute approximate surface area is 252 Å². The predicted octanol–water partition coefficient (Wildman–Crippen LogP) is 4.49. The van der Waals surface area contributed by atoms with Crippen LogP contribution >= 0.6 is 0 Å². The molecule has 4 aromatic rings. The minimum Gasteiger partial charge on any atom is -0.484 e. The van der Waals surface area contributed by atoms with Crippen molar-refractivity contribution in [3.05, 3.63) is 113 Å². The third-order valence-corrected chi connectivity index (χ3v) is 9.21. The van der Waals surface area contributed by atoms with Crippen molar-refractivity contribution in [3.8, 4) is 5.75 Å². The average Bonchev–Trinajstić information content (AvgIpc) is 3.51. The Balaban J connectivity index is 1.46. The third kappa shape index (κ3) is 7.39. The normalized spacial score (nSPS) is 13.9. The van der Waals surface area contributed by atoms with Crippen LogP contribution in [0.4, 0.5) is 0 Å². The van der Waals surface area contributed by atoms with Crippen molar-refractivity contribution in [1.82, 2.24) is 19.8 Å². The van der Waals surface area contributed by atoms with Crippen molar-refractivity contribution in [3.63, 3.8) is 0 Å². The second kappa shape index (κ2) is 13.4. The van der Waals surface area contributed by atoms with E-state index >= 15 is 0 Å². The van der Waals surface area contributed by atoms with E-state index in [1.165, 1.54) is 24.3 Å². The predicted molar refractivity (Wildman–Crippen MR) is 164 cm³/mol. The number of aromatic nitrogens is 2. The van der Waals surface area contributed by atoms with Crippen molar-refractivity contribution in [2.24, 2.45) is 0 Å². The Morgan fingerprint density at radius 3 is 2.51 bits per heavy atom. The number of nitrogens with one attached hydrogen (secondary N) is 1. The minimum absolute atomic E-state index is 0.00843. The molecule has 1 aliphatic carbocycles. The number of benzene rings is 3. The van der Waals surface area contributed by atoms with Crippen LogP contribution in [-0.2, 0) is 28.6 Å². The van der Waals surface area contributed by atoms with E-state index in [1.54, 1.807) is 24.7 Å². The maximum atomic E-state index is 13.8. The fourth-order valence-electron chi connectivity index (χ4n) is 5.25. The molecule has 0 saturated heterocycles. The second-order valence-corrected chi connectivity index (χ2v) is 13.0. The maximum absolute atomic E-state index is 13.8. The number of imidazole rings is 1. The van der Waals surface area contributed by atoms with Crippen LogP contribution in [0.15, 0.2) is 90.3 Å². The smallest absolute Gasteiger partial charge is 0.251 e. The van der Waals surface area contributed by atoms with Gasteiger partial charge in [0.2, 0.25) is 0 Å². The first kappa shape index (κ1) is 30.2. The molecule has 0 spiro atoms.